The molecule has 2 N–H and O–H groups in total. The van der Waals surface area contributed by atoms with Gasteiger partial charge in [0.25, 0.3) is 0 Å². The highest BCUT2D eigenvalue weighted by Crippen LogP contribution is 1.90. The van der Waals surface area contributed by atoms with E-state index in [0.29, 0.717) is 5.69 Å². The van der Waals surface area contributed by atoms with Crippen molar-refractivity contribution in [3.8, 4) is 0 Å². The molecule has 8 heavy (non-hydrogen) atoms. The Morgan fingerprint density at radius 1 is 1.62 bits per heavy atom. The van der Waals surface area contributed by atoms with Gasteiger partial charge in [-0.1, -0.05) is 0 Å². The van der Waals surface area contributed by atoms with E-state index in [1.807, 2.05) is 6.92 Å². The summed E-state index contributed by atoms with van der Waals surface area (Å²) in [4.78, 5) is 3.87. The van der Waals surface area contributed by atoms with Gasteiger partial charge in [-0.15, -0.1) is 0 Å². The molecule has 0 aromatic carbocycles. The number of aromatic nitrogens is 1. The van der Waals surface area contributed by atoms with Crippen LogP contribution < -0.4 is 5.73 Å². The first kappa shape index (κ1) is 4.92. The van der Waals surface area contributed by atoms with Crippen LogP contribution in [0.4, 0.5) is 5.69 Å². The predicted molar refractivity (Wildman–Crippen MR) is 31.1 cm³/mol. The number of nitrogens with zero attached hydrogens (tertiary/aromatic N) is 1. The molecule has 0 aliphatic heterocycles. The van der Waals surface area contributed by atoms with Gasteiger partial charge in [0.15, 0.2) is 0 Å². The molecule has 2 nitrogen and oxygen atoms in total. The minimum Gasteiger partial charge on any atom is -0.391 e. The average molecular weight is 106 g/mol. The second kappa shape index (κ2) is 1.71. The van der Waals surface area contributed by atoms with Gasteiger partial charge in [0.1, 0.15) is 5.69 Å². The Balaban J connectivity index is 3.03. The summed E-state index contributed by atoms with van der Waals surface area (Å²) in [6.45, 7) is 1.84. The zero-order valence-electron chi connectivity index (χ0n) is 4.60. The van der Waals surface area contributed by atoms with E-state index >= 15 is 0 Å². The molecule has 40 valence electrons. The van der Waals surface area contributed by atoms with Gasteiger partial charge in [-0.2, -0.15) is 0 Å². The van der Waals surface area contributed by atoms with Gasteiger partial charge in [0.05, 0.1) is 11.9 Å². The maximum absolute atomic E-state index is 5.28. The molecule has 0 radical (unpaired) electrons. The number of nitrogens with two attached hydrogens (primary N) is 1. The summed E-state index contributed by atoms with van der Waals surface area (Å²) in [7, 11) is 0. The summed E-state index contributed by atoms with van der Waals surface area (Å²) in [5, 5.41) is 0. The first-order chi connectivity index (χ1) is 3.79. The third-order valence-corrected chi connectivity index (χ3v) is 0.785. The van der Waals surface area contributed by atoms with Crippen molar-refractivity contribution >= 4 is 5.69 Å². The summed E-state index contributed by atoms with van der Waals surface area (Å²) in [6.07, 6.45) is 1.56. The lowest BCUT2D eigenvalue weighted by atomic mass is 10.4. The molecule has 1 aromatic rings. The van der Waals surface area contributed by atoms with Gasteiger partial charge in [-0.05, 0) is 19.1 Å². The summed E-state index contributed by atoms with van der Waals surface area (Å²) < 4.78 is 0. The Hall–Kier alpha value is -1.23. The monoisotopic (exact) mass is 106 g/mol. The van der Waals surface area contributed by atoms with Crippen LogP contribution in [0.2, 0.25) is 0 Å². The molecule has 0 aliphatic carbocycles. The average Bonchev–Trinajstić information content (AvgIpc) is 1.77. The molecule has 0 spiro atoms. The molecule has 0 atom stereocenters. The van der Waals surface area contributed by atoms with Gasteiger partial charge in [-0.3, -0.25) is 0 Å². The van der Waals surface area contributed by atoms with E-state index in [0.717, 1.165) is 5.69 Å². The lowest BCUT2D eigenvalue weighted by molar-refractivity contribution is 1.21. The Morgan fingerprint density at radius 3 is 2.75 bits per heavy atom. The summed E-state index contributed by atoms with van der Waals surface area (Å²) in [6, 6.07) is 5.43. The van der Waals surface area contributed by atoms with Crippen molar-refractivity contribution in [3.63, 3.8) is 0 Å². The number of aryl methyl sites for hydroxylation is 1. The van der Waals surface area contributed by atoms with Crippen LogP contribution in [0.3, 0.4) is 0 Å². The van der Waals surface area contributed by atoms with E-state index in [4.69, 9.17) is 5.73 Å². The van der Waals surface area contributed by atoms with E-state index < -0.39 is 0 Å². The normalized spacial score (nSPS) is 8.12. The van der Waals surface area contributed by atoms with Crippen molar-refractivity contribution < 1.29 is 0 Å². The van der Waals surface area contributed by atoms with E-state index in [2.05, 4.69) is 17.1 Å². The van der Waals surface area contributed by atoms with E-state index in [-0.39, 0.29) is 0 Å². The van der Waals surface area contributed by atoms with Crippen molar-refractivity contribution in [2.75, 3.05) is 5.73 Å². The highest BCUT2D eigenvalue weighted by atomic mass is 14.7. The zero-order chi connectivity index (χ0) is 5.98. The maximum atomic E-state index is 5.28. The molecule has 2 heteroatoms. The lowest BCUT2D eigenvalue weighted by Crippen LogP contribution is -1.83. The smallest absolute Gasteiger partial charge is 0.102 e. The molecule has 0 saturated heterocycles. The van der Waals surface area contributed by atoms with E-state index in [1.165, 1.54) is 0 Å². The van der Waals surface area contributed by atoms with Crippen LogP contribution in [-0.2, 0) is 0 Å². The predicted octanol–water partition coefficient (Wildman–Crippen LogP) is 0.573. The van der Waals surface area contributed by atoms with Gasteiger partial charge < -0.3 is 5.73 Å². The van der Waals surface area contributed by atoms with Crippen molar-refractivity contribution in [3.05, 3.63) is 24.0 Å². The largest absolute Gasteiger partial charge is 0.391 e. The first-order valence-corrected chi connectivity index (χ1v) is 2.31. The topological polar surface area (TPSA) is 38.9 Å². The standard InChI is InChI=1S/C6H6N2/c1-5-2-3-6(7)4-8-5/h4H,7H2,1H3. The molecule has 1 aromatic heterocycles. The molecule has 0 bridgehead atoms. The molecule has 0 saturated carbocycles. The van der Waals surface area contributed by atoms with E-state index in [1.54, 1.807) is 6.20 Å². The molecule has 0 aliphatic rings. The number of hydrogen-bond donors (Lipinski definition) is 1. The van der Waals surface area contributed by atoms with Crippen LogP contribution in [0.1, 0.15) is 5.69 Å². The van der Waals surface area contributed by atoms with E-state index in [9.17, 15) is 0 Å². The Kier molecular flexibility index (Phi) is 1.05. The fraction of sp³-hybridized carbons (Fsp3) is 0.167. The number of hydrogen-bond acceptors (Lipinski definition) is 2. The summed E-state index contributed by atoms with van der Waals surface area (Å²) >= 11 is 0. The quantitative estimate of drug-likeness (QED) is 0.525. The van der Waals surface area contributed by atoms with Gasteiger partial charge in [0.2, 0.25) is 0 Å². The van der Waals surface area contributed by atoms with Crippen LogP contribution in [-0.4, -0.2) is 4.98 Å². The third kappa shape index (κ3) is 0.881. The molecule has 1 heterocycles. The molecule has 0 amide bonds. The molecule has 0 unspecified atom stereocenters. The van der Waals surface area contributed by atoms with Gasteiger partial charge >= 0.3 is 0 Å². The van der Waals surface area contributed by atoms with Crippen molar-refractivity contribution in [1.29, 1.82) is 0 Å². The number of anilines is 1. The van der Waals surface area contributed by atoms with Crippen LogP contribution in [0.5, 0.6) is 0 Å². The lowest BCUT2D eigenvalue weighted by Gasteiger charge is -1.82. The molecular weight excluding hydrogens is 100 g/mol. The second-order valence-corrected chi connectivity index (χ2v) is 1.55. The van der Waals surface area contributed by atoms with Crippen molar-refractivity contribution in [1.82, 2.24) is 4.98 Å². The van der Waals surface area contributed by atoms with Crippen LogP contribution >= 0.6 is 0 Å². The Labute approximate surface area is 48.4 Å². The Bertz CT molecular complexity index is 145. The summed E-state index contributed by atoms with van der Waals surface area (Å²) in [5.74, 6) is 0. The van der Waals surface area contributed by atoms with Crippen LogP contribution in [0.15, 0.2) is 6.20 Å². The van der Waals surface area contributed by atoms with Gasteiger partial charge in [0, 0.05) is 0 Å². The number of nitrogen functional groups attached to an aromatic ring is 1. The maximum Gasteiger partial charge on any atom is 0.102 e. The highest BCUT2D eigenvalue weighted by Gasteiger charge is 1.78. The summed E-state index contributed by atoms with van der Waals surface area (Å²) in [5.41, 5.74) is 6.63. The van der Waals surface area contributed by atoms with Crippen molar-refractivity contribution in [2.45, 2.75) is 6.92 Å². The van der Waals surface area contributed by atoms with Crippen LogP contribution in [0, 0.1) is 19.1 Å². The molecular formula is C6H6N2. The minimum atomic E-state index is 0.538. The van der Waals surface area contributed by atoms with Crippen molar-refractivity contribution in [2.24, 2.45) is 0 Å². The fourth-order valence-corrected chi connectivity index (χ4v) is 0.394. The molecule has 1 rings (SSSR count). The Morgan fingerprint density at radius 2 is 2.38 bits per heavy atom. The fourth-order valence-electron chi connectivity index (χ4n) is 0.394. The first-order valence-electron chi connectivity index (χ1n) is 2.31. The SMILES string of the molecule is Cc1c#cc(N)cn1. The third-order valence-electron chi connectivity index (χ3n) is 0.785. The molecule has 0 fully saturated rings. The van der Waals surface area contributed by atoms with Gasteiger partial charge in [-0.25, -0.2) is 4.98 Å². The van der Waals surface area contributed by atoms with Crippen LogP contribution in [0.25, 0.3) is 0 Å². The second-order valence-electron chi connectivity index (χ2n) is 1.55. The zero-order valence-corrected chi connectivity index (χ0v) is 4.60. The number of rotatable bonds is 0. The minimum absolute atomic E-state index is 0.538. The highest BCUT2D eigenvalue weighted by molar-refractivity contribution is 5.28.